The van der Waals surface area contributed by atoms with E-state index in [1.807, 2.05) is 11.0 Å². The fraction of sp³-hybridized carbons (Fsp3) is 0.476. The number of carbonyl (C=O) groups is 1. The summed E-state index contributed by atoms with van der Waals surface area (Å²) in [5.74, 6) is -0.305. The van der Waals surface area contributed by atoms with E-state index in [9.17, 15) is 22.4 Å². The number of nitrogens with one attached hydrogen (secondary N) is 1. The molecule has 31 heavy (non-hydrogen) atoms. The number of carbonyl (C=O) groups excluding carboxylic acids is 1. The summed E-state index contributed by atoms with van der Waals surface area (Å²) in [6.07, 6.45) is -3.56. The van der Waals surface area contributed by atoms with Crippen molar-refractivity contribution < 1.29 is 22.4 Å². The highest BCUT2D eigenvalue weighted by molar-refractivity contribution is 5.92. The van der Waals surface area contributed by atoms with E-state index in [0.717, 1.165) is 12.1 Å². The molecular formula is C21H21F4N5O. The first-order valence-corrected chi connectivity index (χ1v) is 10.0. The summed E-state index contributed by atoms with van der Waals surface area (Å²) in [6.45, 7) is 1.00. The van der Waals surface area contributed by atoms with Crippen LogP contribution in [0, 0.1) is 11.3 Å². The molecule has 1 N–H and O–H groups in total. The molecule has 2 aromatic rings. The molecule has 3 heterocycles. The van der Waals surface area contributed by atoms with Gasteiger partial charge in [0.2, 0.25) is 5.91 Å². The molecule has 1 aromatic heterocycles. The fourth-order valence-corrected chi connectivity index (χ4v) is 4.24. The number of nitriles is 1. The number of anilines is 1. The number of amides is 1. The van der Waals surface area contributed by atoms with E-state index >= 15 is 0 Å². The summed E-state index contributed by atoms with van der Waals surface area (Å²) in [5, 5.41) is 12.9. The van der Waals surface area contributed by atoms with Gasteiger partial charge >= 0.3 is 6.18 Å². The Morgan fingerprint density at radius 2 is 2.13 bits per heavy atom. The van der Waals surface area contributed by atoms with Gasteiger partial charge < -0.3 is 10.2 Å². The van der Waals surface area contributed by atoms with Gasteiger partial charge in [-0.3, -0.25) is 14.7 Å². The van der Waals surface area contributed by atoms with Crippen molar-refractivity contribution in [1.82, 2.24) is 14.8 Å². The average Bonchev–Trinajstić information content (AvgIpc) is 3.33. The molecule has 2 fully saturated rings. The van der Waals surface area contributed by atoms with Crippen molar-refractivity contribution in [3.63, 3.8) is 0 Å². The predicted octanol–water partition coefficient (Wildman–Crippen LogP) is 3.20. The lowest BCUT2D eigenvalue weighted by atomic mass is 10.1. The minimum Gasteiger partial charge on any atom is -0.380 e. The third kappa shape index (κ3) is 4.56. The van der Waals surface area contributed by atoms with Gasteiger partial charge in [-0.15, -0.1) is 0 Å². The summed E-state index contributed by atoms with van der Waals surface area (Å²) in [7, 11) is 0. The molecule has 0 spiro atoms. The molecule has 1 aromatic carbocycles. The molecule has 6 nitrogen and oxygen atoms in total. The van der Waals surface area contributed by atoms with Crippen molar-refractivity contribution >= 4 is 22.5 Å². The Kier molecular flexibility index (Phi) is 5.71. The van der Waals surface area contributed by atoms with Crippen LogP contribution in [0.4, 0.5) is 23.2 Å². The SMILES string of the molecule is N#C[C@@H]1C[C@H](F)CN1C(=O)CN1CC[C@@H](Nc2cc(C(F)(F)F)cc3ncccc23)C1. The van der Waals surface area contributed by atoms with Gasteiger partial charge in [-0.1, -0.05) is 0 Å². The molecule has 0 aliphatic carbocycles. The molecule has 1 amide bonds. The minimum atomic E-state index is -4.49. The van der Waals surface area contributed by atoms with Crippen molar-refractivity contribution in [2.24, 2.45) is 0 Å². The van der Waals surface area contributed by atoms with E-state index in [2.05, 4.69) is 10.3 Å². The van der Waals surface area contributed by atoms with Crippen LogP contribution in [0.5, 0.6) is 0 Å². The molecule has 2 aliphatic heterocycles. The molecule has 2 aliphatic rings. The second-order valence-electron chi connectivity index (χ2n) is 7.98. The van der Waals surface area contributed by atoms with Crippen molar-refractivity contribution in [2.45, 2.75) is 37.3 Å². The number of hydrogen-bond acceptors (Lipinski definition) is 5. The van der Waals surface area contributed by atoms with E-state index in [4.69, 9.17) is 5.26 Å². The number of benzene rings is 1. The summed E-state index contributed by atoms with van der Waals surface area (Å²) in [6, 6.07) is 6.55. The van der Waals surface area contributed by atoms with Crippen LogP contribution in [0.3, 0.4) is 0 Å². The standard InChI is InChI=1S/C21H21F4N5O/c22-14-8-16(9-26)30(10-14)20(31)12-29-5-3-15(11-29)28-19-7-13(21(23,24)25)6-18-17(19)2-1-4-27-18/h1-2,4,6-7,14-16,28H,3,5,8,10-12H2/t14-,15+,16-/m0/s1. The van der Waals surface area contributed by atoms with Crippen LogP contribution in [0.15, 0.2) is 30.5 Å². The fourth-order valence-electron chi connectivity index (χ4n) is 4.24. The molecule has 0 saturated carbocycles. The van der Waals surface area contributed by atoms with Crippen molar-refractivity contribution in [3.8, 4) is 6.07 Å². The normalized spacial score (nSPS) is 24.5. The largest absolute Gasteiger partial charge is 0.416 e. The first-order valence-electron chi connectivity index (χ1n) is 10.0. The zero-order valence-corrected chi connectivity index (χ0v) is 16.6. The van der Waals surface area contributed by atoms with Crippen molar-refractivity contribution in [2.75, 3.05) is 31.5 Å². The highest BCUT2D eigenvalue weighted by Gasteiger charge is 2.37. The molecule has 164 valence electrons. The van der Waals surface area contributed by atoms with Gasteiger partial charge in [0.05, 0.1) is 30.2 Å². The number of fused-ring (bicyclic) bond motifs is 1. The zero-order chi connectivity index (χ0) is 22.2. The summed E-state index contributed by atoms with van der Waals surface area (Å²) in [4.78, 5) is 19.7. The Bertz CT molecular complexity index is 1020. The maximum Gasteiger partial charge on any atom is 0.416 e. The number of alkyl halides is 4. The number of nitrogens with zero attached hydrogens (tertiary/aromatic N) is 4. The van der Waals surface area contributed by atoms with Gasteiger partial charge in [0, 0.05) is 42.8 Å². The first kappa shape index (κ1) is 21.3. The van der Waals surface area contributed by atoms with Crippen LogP contribution in [-0.2, 0) is 11.0 Å². The van der Waals surface area contributed by atoms with Crippen LogP contribution < -0.4 is 5.32 Å². The number of halogens is 4. The predicted molar refractivity (Wildman–Crippen MR) is 106 cm³/mol. The van der Waals surface area contributed by atoms with Crippen molar-refractivity contribution in [3.05, 3.63) is 36.0 Å². The summed E-state index contributed by atoms with van der Waals surface area (Å²) < 4.78 is 53.5. The molecule has 0 radical (unpaired) electrons. The van der Waals surface area contributed by atoms with Crippen LogP contribution in [0.25, 0.3) is 10.9 Å². The highest BCUT2D eigenvalue weighted by Crippen LogP contribution is 2.35. The monoisotopic (exact) mass is 435 g/mol. The maximum absolute atomic E-state index is 13.6. The van der Waals surface area contributed by atoms with Crippen LogP contribution in [0.2, 0.25) is 0 Å². The van der Waals surface area contributed by atoms with Crippen LogP contribution in [-0.4, -0.2) is 65.1 Å². The van der Waals surface area contributed by atoms with Gasteiger partial charge in [0.25, 0.3) is 0 Å². The van der Waals surface area contributed by atoms with Crippen LogP contribution in [0.1, 0.15) is 18.4 Å². The Labute approximate surface area is 176 Å². The van der Waals surface area contributed by atoms with Gasteiger partial charge in [-0.05, 0) is 30.7 Å². The van der Waals surface area contributed by atoms with E-state index in [1.165, 1.54) is 11.1 Å². The number of likely N-dealkylation sites (tertiary alicyclic amines) is 2. The Morgan fingerprint density at radius 1 is 1.32 bits per heavy atom. The molecule has 3 atom stereocenters. The number of rotatable bonds is 4. The molecule has 2 saturated heterocycles. The first-order chi connectivity index (χ1) is 14.7. The Morgan fingerprint density at radius 3 is 2.87 bits per heavy atom. The number of hydrogen-bond donors (Lipinski definition) is 1. The Balaban J connectivity index is 1.44. The molecule has 4 rings (SSSR count). The molecular weight excluding hydrogens is 414 g/mol. The van der Waals surface area contributed by atoms with Crippen molar-refractivity contribution in [1.29, 1.82) is 5.26 Å². The average molecular weight is 435 g/mol. The molecule has 10 heteroatoms. The van der Waals surface area contributed by atoms with Gasteiger partial charge in [0.1, 0.15) is 12.2 Å². The quantitative estimate of drug-likeness (QED) is 0.747. The smallest absolute Gasteiger partial charge is 0.380 e. The third-order valence-corrected chi connectivity index (χ3v) is 5.76. The topological polar surface area (TPSA) is 72.3 Å². The second kappa shape index (κ2) is 8.30. The lowest BCUT2D eigenvalue weighted by molar-refractivity contribution is -0.137. The van der Waals surface area contributed by atoms with E-state index in [0.29, 0.717) is 30.6 Å². The summed E-state index contributed by atoms with van der Waals surface area (Å²) in [5.41, 5.74) is -0.175. The minimum absolute atomic E-state index is 0.0308. The third-order valence-electron chi connectivity index (χ3n) is 5.76. The lowest BCUT2D eigenvalue weighted by Gasteiger charge is -2.23. The maximum atomic E-state index is 13.6. The molecule has 0 unspecified atom stereocenters. The number of aromatic nitrogens is 1. The van der Waals surface area contributed by atoms with Gasteiger partial charge in [-0.2, -0.15) is 18.4 Å². The van der Waals surface area contributed by atoms with Crippen LogP contribution >= 0.6 is 0 Å². The highest BCUT2D eigenvalue weighted by atomic mass is 19.4. The number of pyridine rings is 1. The Hall–Kier alpha value is -2.93. The van der Waals surface area contributed by atoms with E-state index < -0.39 is 24.0 Å². The van der Waals surface area contributed by atoms with Gasteiger partial charge in [0.15, 0.2) is 0 Å². The second-order valence-corrected chi connectivity index (χ2v) is 7.98. The molecule has 0 bridgehead atoms. The van der Waals surface area contributed by atoms with E-state index in [1.54, 1.807) is 12.1 Å². The zero-order valence-electron chi connectivity index (χ0n) is 16.6. The lowest BCUT2D eigenvalue weighted by Crippen LogP contribution is -2.42. The van der Waals surface area contributed by atoms with Gasteiger partial charge in [-0.25, -0.2) is 4.39 Å². The summed E-state index contributed by atoms with van der Waals surface area (Å²) >= 11 is 0. The van der Waals surface area contributed by atoms with E-state index in [-0.39, 0.29) is 37.0 Å².